The van der Waals surface area contributed by atoms with Crippen molar-refractivity contribution >= 4 is 16.0 Å². The van der Waals surface area contributed by atoms with Crippen LogP contribution in [-0.2, 0) is 26.2 Å². The molecule has 1 saturated heterocycles. The largest absolute Gasteiger partial charge is 0.497 e. The molecule has 7 nitrogen and oxygen atoms in total. The number of nitrogens with zero attached hydrogens (tertiary/aromatic N) is 1. The van der Waals surface area contributed by atoms with E-state index in [1.165, 1.54) is 19.2 Å². The van der Waals surface area contributed by atoms with Crippen LogP contribution in [0, 0.1) is 5.41 Å². The van der Waals surface area contributed by atoms with Crippen molar-refractivity contribution < 1.29 is 26.9 Å². The molecule has 1 amide bonds. The van der Waals surface area contributed by atoms with Crippen LogP contribution < -0.4 is 8.92 Å². The third-order valence-electron chi connectivity index (χ3n) is 5.36. The van der Waals surface area contributed by atoms with Gasteiger partial charge < -0.3 is 18.6 Å². The first-order valence-corrected chi connectivity index (χ1v) is 12.5. The maximum absolute atomic E-state index is 13.1. The molecule has 0 aromatic heterocycles. The zero-order chi connectivity index (χ0) is 24.1. The standard InChI is InChI=1S/C25H33NO6S/c1-25(2,3)16-24(27)26(18-21-9-7-15-31-21)17-19-8-5-6-10-23(19)32-33(28,29)22-13-11-20(30-4)12-14-22/h5-6,8,10-14,21H,7,9,15-18H2,1-4H3. The number of rotatable bonds is 9. The first-order chi connectivity index (χ1) is 15.6. The smallest absolute Gasteiger partial charge is 0.339 e. The van der Waals surface area contributed by atoms with Crippen molar-refractivity contribution in [3.63, 3.8) is 0 Å². The van der Waals surface area contributed by atoms with Crippen LogP contribution >= 0.6 is 0 Å². The summed E-state index contributed by atoms with van der Waals surface area (Å²) in [7, 11) is -2.54. The molecule has 33 heavy (non-hydrogen) atoms. The number of amides is 1. The Balaban J connectivity index is 1.83. The van der Waals surface area contributed by atoms with Gasteiger partial charge in [0.15, 0.2) is 0 Å². The zero-order valence-electron chi connectivity index (χ0n) is 19.7. The molecule has 1 atom stereocenters. The lowest BCUT2D eigenvalue weighted by atomic mass is 9.91. The fraction of sp³-hybridized carbons (Fsp3) is 0.480. The van der Waals surface area contributed by atoms with E-state index in [4.69, 9.17) is 13.7 Å². The topological polar surface area (TPSA) is 82.1 Å². The monoisotopic (exact) mass is 475 g/mol. The molecule has 2 aromatic carbocycles. The Morgan fingerprint density at radius 2 is 1.82 bits per heavy atom. The molecule has 180 valence electrons. The average Bonchev–Trinajstić information content (AvgIpc) is 3.26. The normalized spacial score (nSPS) is 16.4. The minimum absolute atomic E-state index is 0.00538. The van der Waals surface area contributed by atoms with Crippen LogP contribution in [0.2, 0.25) is 0 Å². The molecule has 1 aliphatic heterocycles. The van der Waals surface area contributed by atoms with E-state index in [2.05, 4.69) is 0 Å². The molecule has 8 heteroatoms. The molecule has 0 saturated carbocycles. The summed E-state index contributed by atoms with van der Waals surface area (Å²) < 4.78 is 42.1. The van der Waals surface area contributed by atoms with Gasteiger partial charge in [-0.3, -0.25) is 4.79 Å². The molecule has 0 radical (unpaired) electrons. The molecule has 1 unspecified atom stereocenters. The minimum atomic E-state index is -4.05. The summed E-state index contributed by atoms with van der Waals surface area (Å²) in [6.45, 7) is 7.47. The van der Waals surface area contributed by atoms with Crippen LogP contribution in [0.15, 0.2) is 53.4 Å². The van der Waals surface area contributed by atoms with Gasteiger partial charge in [0.05, 0.1) is 13.2 Å². The van der Waals surface area contributed by atoms with Crippen molar-refractivity contribution in [1.29, 1.82) is 0 Å². The summed E-state index contributed by atoms with van der Waals surface area (Å²) >= 11 is 0. The summed E-state index contributed by atoms with van der Waals surface area (Å²) in [6, 6.07) is 12.9. The van der Waals surface area contributed by atoms with Crippen molar-refractivity contribution in [2.75, 3.05) is 20.3 Å². The number of ether oxygens (including phenoxy) is 2. The highest BCUT2D eigenvalue weighted by Crippen LogP contribution is 2.28. The molecular formula is C25H33NO6S. The quantitative estimate of drug-likeness (QED) is 0.500. The van der Waals surface area contributed by atoms with Gasteiger partial charge in [-0.2, -0.15) is 8.42 Å². The van der Waals surface area contributed by atoms with Gasteiger partial charge in [0.25, 0.3) is 0 Å². The maximum atomic E-state index is 13.1. The Kier molecular flexibility index (Phi) is 8.02. The molecule has 0 bridgehead atoms. The molecule has 0 spiro atoms. The second kappa shape index (κ2) is 10.6. The minimum Gasteiger partial charge on any atom is -0.497 e. The van der Waals surface area contributed by atoms with Crippen molar-refractivity contribution in [3.05, 3.63) is 54.1 Å². The van der Waals surface area contributed by atoms with E-state index in [-0.39, 0.29) is 34.6 Å². The van der Waals surface area contributed by atoms with Gasteiger partial charge >= 0.3 is 10.1 Å². The van der Waals surface area contributed by atoms with Gasteiger partial charge in [-0.05, 0) is 48.6 Å². The third-order valence-corrected chi connectivity index (χ3v) is 6.61. The fourth-order valence-electron chi connectivity index (χ4n) is 3.68. The molecule has 0 aliphatic carbocycles. The molecule has 3 rings (SSSR count). The highest BCUT2D eigenvalue weighted by Gasteiger charge is 2.27. The lowest BCUT2D eigenvalue weighted by Gasteiger charge is -2.29. The summed E-state index contributed by atoms with van der Waals surface area (Å²) in [4.78, 5) is 14.9. The van der Waals surface area contributed by atoms with Crippen LogP contribution in [0.5, 0.6) is 11.5 Å². The highest BCUT2D eigenvalue weighted by atomic mass is 32.2. The molecule has 1 fully saturated rings. The lowest BCUT2D eigenvalue weighted by Crippen LogP contribution is -2.38. The van der Waals surface area contributed by atoms with Gasteiger partial charge in [-0.25, -0.2) is 0 Å². The lowest BCUT2D eigenvalue weighted by molar-refractivity contribution is -0.135. The van der Waals surface area contributed by atoms with Gasteiger partial charge in [0.1, 0.15) is 16.4 Å². The van der Waals surface area contributed by atoms with Gasteiger partial charge in [0.2, 0.25) is 5.91 Å². The van der Waals surface area contributed by atoms with Gasteiger partial charge in [-0.15, -0.1) is 0 Å². The second-order valence-corrected chi connectivity index (χ2v) is 11.0. The summed E-state index contributed by atoms with van der Waals surface area (Å²) in [6.07, 6.45) is 2.26. The van der Waals surface area contributed by atoms with Crippen molar-refractivity contribution in [2.24, 2.45) is 5.41 Å². The first-order valence-electron chi connectivity index (χ1n) is 11.1. The van der Waals surface area contributed by atoms with Crippen LogP contribution in [0.25, 0.3) is 0 Å². The number of methoxy groups -OCH3 is 1. The molecular weight excluding hydrogens is 442 g/mol. The van der Waals surface area contributed by atoms with E-state index in [1.807, 2.05) is 20.8 Å². The van der Waals surface area contributed by atoms with E-state index in [9.17, 15) is 13.2 Å². The number of carbonyl (C=O) groups is 1. The van der Waals surface area contributed by atoms with Crippen molar-refractivity contribution in [3.8, 4) is 11.5 Å². The number of para-hydroxylation sites is 1. The zero-order valence-corrected chi connectivity index (χ0v) is 20.6. The highest BCUT2D eigenvalue weighted by molar-refractivity contribution is 7.87. The Morgan fingerprint density at radius 1 is 1.12 bits per heavy atom. The van der Waals surface area contributed by atoms with Crippen LogP contribution in [0.3, 0.4) is 0 Å². The Morgan fingerprint density at radius 3 is 2.42 bits per heavy atom. The second-order valence-electron chi connectivity index (χ2n) is 9.47. The van der Waals surface area contributed by atoms with Crippen LogP contribution in [0.4, 0.5) is 0 Å². The predicted octanol–water partition coefficient (Wildman–Crippen LogP) is 4.41. The third kappa shape index (κ3) is 7.20. The van der Waals surface area contributed by atoms with Crippen LogP contribution in [0.1, 0.15) is 45.6 Å². The fourth-order valence-corrected chi connectivity index (χ4v) is 4.65. The van der Waals surface area contributed by atoms with Crippen molar-refractivity contribution in [1.82, 2.24) is 4.90 Å². The number of carbonyl (C=O) groups excluding carboxylic acids is 1. The van der Waals surface area contributed by atoms with E-state index in [1.54, 1.807) is 41.3 Å². The maximum Gasteiger partial charge on any atom is 0.339 e. The summed E-state index contributed by atoms with van der Waals surface area (Å²) in [5.41, 5.74) is 0.453. The van der Waals surface area contributed by atoms with Crippen LogP contribution in [-0.4, -0.2) is 45.6 Å². The Bertz CT molecular complexity index is 1040. The number of benzene rings is 2. The predicted molar refractivity (Wildman–Crippen MR) is 126 cm³/mol. The first kappa shape index (κ1) is 25.1. The summed E-state index contributed by atoms with van der Waals surface area (Å²) in [5.74, 6) is 0.761. The van der Waals surface area contributed by atoms with E-state index in [0.29, 0.717) is 30.9 Å². The molecule has 1 heterocycles. The SMILES string of the molecule is COc1ccc(S(=O)(=O)Oc2ccccc2CN(CC2CCCO2)C(=O)CC(C)(C)C)cc1. The van der Waals surface area contributed by atoms with E-state index >= 15 is 0 Å². The molecule has 0 N–H and O–H groups in total. The Labute approximate surface area is 196 Å². The molecule has 1 aliphatic rings. The average molecular weight is 476 g/mol. The molecule has 2 aromatic rings. The number of hydrogen-bond acceptors (Lipinski definition) is 6. The van der Waals surface area contributed by atoms with E-state index in [0.717, 1.165) is 12.8 Å². The van der Waals surface area contributed by atoms with Gasteiger partial charge in [0, 0.05) is 31.7 Å². The Hall–Kier alpha value is -2.58. The van der Waals surface area contributed by atoms with E-state index < -0.39 is 10.1 Å². The number of hydrogen-bond donors (Lipinski definition) is 0. The van der Waals surface area contributed by atoms with Crippen molar-refractivity contribution in [2.45, 2.75) is 57.6 Å². The summed E-state index contributed by atoms with van der Waals surface area (Å²) in [5, 5.41) is 0. The van der Waals surface area contributed by atoms with Gasteiger partial charge in [-0.1, -0.05) is 39.0 Å².